The Hall–Kier alpha value is -3.68. The summed E-state index contributed by atoms with van der Waals surface area (Å²) in [6.07, 6.45) is 3.42. The lowest BCUT2D eigenvalue weighted by atomic mass is 10.3. The summed E-state index contributed by atoms with van der Waals surface area (Å²) in [6.45, 7) is 3.17. The number of carbonyl (C=O) groups excluding carboxylic acids is 1. The lowest BCUT2D eigenvalue weighted by Crippen LogP contribution is -2.47. The molecule has 29 heavy (non-hydrogen) atoms. The highest BCUT2D eigenvalue weighted by Gasteiger charge is 2.21. The lowest BCUT2D eigenvalue weighted by molar-refractivity contribution is 0.102. The summed E-state index contributed by atoms with van der Waals surface area (Å²) in [5.41, 5.74) is 1.01. The van der Waals surface area contributed by atoms with Crippen LogP contribution in [0.25, 0.3) is 0 Å². The van der Waals surface area contributed by atoms with Crippen LogP contribution in [0.1, 0.15) is 10.5 Å². The van der Waals surface area contributed by atoms with Crippen molar-refractivity contribution in [2.45, 2.75) is 0 Å². The van der Waals surface area contributed by atoms with Crippen LogP contribution < -0.4 is 19.9 Å². The van der Waals surface area contributed by atoms with Gasteiger partial charge in [0.15, 0.2) is 0 Å². The smallest absolute Gasteiger partial charge is 0.274 e. The Labute approximate surface area is 169 Å². The number of amides is 1. The third-order valence-corrected chi connectivity index (χ3v) is 4.76. The van der Waals surface area contributed by atoms with E-state index in [1.807, 2.05) is 18.2 Å². The monoisotopic (exact) mass is 390 g/mol. The van der Waals surface area contributed by atoms with Crippen LogP contribution in [0.5, 0.6) is 5.75 Å². The Morgan fingerprint density at radius 1 is 0.931 bits per heavy atom. The van der Waals surface area contributed by atoms with Crippen molar-refractivity contribution in [2.24, 2.45) is 0 Å². The van der Waals surface area contributed by atoms with Crippen molar-refractivity contribution in [3.63, 3.8) is 0 Å². The molecule has 148 valence electrons. The molecule has 0 bridgehead atoms. The van der Waals surface area contributed by atoms with Crippen LogP contribution in [-0.4, -0.2) is 54.1 Å². The van der Waals surface area contributed by atoms with Crippen molar-refractivity contribution >= 4 is 23.4 Å². The second kappa shape index (κ2) is 8.55. The molecule has 1 amide bonds. The van der Waals surface area contributed by atoms with Gasteiger partial charge >= 0.3 is 0 Å². The number of anilines is 3. The predicted molar refractivity (Wildman–Crippen MR) is 112 cm³/mol. The van der Waals surface area contributed by atoms with E-state index in [1.165, 1.54) is 0 Å². The van der Waals surface area contributed by atoms with Gasteiger partial charge in [0, 0.05) is 44.3 Å². The molecule has 1 aromatic carbocycles. The minimum absolute atomic E-state index is 0.272. The number of pyridine rings is 1. The Morgan fingerprint density at radius 2 is 1.69 bits per heavy atom. The molecule has 0 atom stereocenters. The fourth-order valence-electron chi connectivity index (χ4n) is 3.17. The Morgan fingerprint density at radius 3 is 2.38 bits per heavy atom. The predicted octanol–water partition coefficient (Wildman–Crippen LogP) is 2.46. The molecule has 8 nitrogen and oxygen atoms in total. The molecule has 2 aromatic heterocycles. The van der Waals surface area contributed by atoms with Gasteiger partial charge in [-0.15, -0.1) is 0 Å². The summed E-state index contributed by atoms with van der Waals surface area (Å²) in [6, 6.07) is 14.7. The van der Waals surface area contributed by atoms with Crippen LogP contribution in [0.3, 0.4) is 0 Å². The van der Waals surface area contributed by atoms with E-state index >= 15 is 0 Å². The normalized spacial score (nSPS) is 13.8. The van der Waals surface area contributed by atoms with E-state index < -0.39 is 0 Å². The number of ether oxygens (including phenoxy) is 1. The first-order chi connectivity index (χ1) is 14.2. The van der Waals surface area contributed by atoms with Crippen molar-refractivity contribution in [3.8, 4) is 5.75 Å². The summed E-state index contributed by atoms with van der Waals surface area (Å²) < 4.78 is 5.13. The van der Waals surface area contributed by atoms with E-state index in [9.17, 15) is 4.79 Å². The number of methoxy groups -OCH3 is 1. The van der Waals surface area contributed by atoms with E-state index in [4.69, 9.17) is 4.74 Å². The fourth-order valence-corrected chi connectivity index (χ4v) is 3.17. The number of hydrogen-bond acceptors (Lipinski definition) is 7. The topological polar surface area (TPSA) is 83.5 Å². The largest absolute Gasteiger partial charge is 0.497 e. The van der Waals surface area contributed by atoms with Crippen LogP contribution in [0, 0.1) is 0 Å². The summed E-state index contributed by atoms with van der Waals surface area (Å²) in [7, 11) is 1.60. The van der Waals surface area contributed by atoms with Gasteiger partial charge in [-0.05, 0) is 42.5 Å². The molecule has 4 rings (SSSR count). The van der Waals surface area contributed by atoms with Gasteiger partial charge in [0.05, 0.1) is 7.11 Å². The molecule has 1 saturated heterocycles. The Kier molecular flexibility index (Phi) is 5.51. The number of benzene rings is 1. The second-order valence-electron chi connectivity index (χ2n) is 6.59. The van der Waals surface area contributed by atoms with E-state index in [-0.39, 0.29) is 5.91 Å². The lowest BCUT2D eigenvalue weighted by Gasteiger charge is -2.35. The average molecular weight is 390 g/mol. The van der Waals surface area contributed by atoms with Crippen molar-refractivity contribution in [2.75, 3.05) is 48.4 Å². The number of nitrogens with one attached hydrogen (secondary N) is 1. The van der Waals surface area contributed by atoms with Crippen LogP contribution in [0.2, 0.25) is 0 Å². The standard InChI is InChI=1S/C21H22N6O2/c1-29-17-7-5-16(6-8-17)24-20(28)18-9-11-23-21(25-18)27-14-12-26(13-15-27)19-4-2-3-10-22-19/h2-11H,12-15H2,1H3,(H,24,28). The molecule has 0 saturated carbocycles. The summed E-state index contributed by atoms with van der Waals surface area (Å²) in [5.74, 6) is 2.00. The first-order valence-corrected chi connectivity index (χ1v) is 9.42. The number of carbonyl (C=O) groups is 1. The molecule has 0 spiro atoms. The zero-order valence-corrected chi connectivity index (χ0v) is 16.2. The number of rotatable bonds is 5. The molecular formula is C21H22N6O2. The van der Waals surface area contributed by atoms with Crippen LogP contribution in [0.15, 0.2) is 60.9 Å². The average Bonchev–Trinajstić information content (AvgIpc) is 2.80. The molecule has 0 radical (unpaired) electrons. The van der Waals surface area contributed by atoms with Gasteiger partial charge in [-0.1, -0.05) is 6.07 Å². The zero-order chi connectivity index (χ0) is 20.1. The molecule has 3 aromatic rings. The summed E-state index contributed by atoms with van der Waals surface area (Å²) in [4.78, 5) is 30.1. The van der Waals surface area contributed by atoms with E-state index in [2.05, 4.69) is 30.1 Å². The van der Waals surface area contributed by atoms with Crippen molar-refractivity contribution < 1.29 is 9.53 Å². The first kappa shape index (κ1) is 18.7. The van der Waals surface area contributed by atoms with Gasteiger partial charge in [-0.25, -0.2) is 15.0 Å². The molecular weight excluding hydrogens is 368 g/mol. The summed E-state index contributed by atoms with van der Waals surface area (Å²) >= 11 is 0. The van der Waals surface area contributed by atoms with Crippen molar-refractivity contribution in [1.82, 2.24) is 15.0 Å². The Bertz CT molecular complexity index is 956. The van der Waals surface area contributed by atoms with E-state index in [0.29, 0.717) is 17.3 Å². The van der Waals surface area contributed by atoms with Gasteiger partial charge < -0.3 is 19.9 Å². The minimum Gasteiger partial charge on any atom is -0.497 e. The highest BCUT2D eigenvalue weighted by molar-refractivity contribution is 6.03. The molecule has 1 fully saturated rings. The summed E-state index contributed by atoms with van der Waals surface area (Å²) in [5, 5.41) is 2.85. The maximum atomic E-state index is 12.6. The third-order valence-electron chi connectivity index (χ3n) is 4.76. The highest BCUT2D eigenvalue weighted by atomic mass is 16.5. The van der Waals surface area contributed by atoms with E-state index in [1.54, 1.807) is 49.8 Å². The zero-order valence-electron chi connectivity index (χ0n) is 16.2. The molecule has 1 N–H and O–H groups in total. The van der Waals surface area contributed by atoms with Gasteiger partial charge in [-0.3, -0.25) is 4.79 Å². The third kappa shape index (κ3) is 4.43. The Balaban J connectivity index is 1.40. The number of piperazine rings is 1. The maximum Gasteiger partial charge on any atom is 0.274 e. The highest BCUT2D eigenvalue weighted by Crippen LogP contribution is 2.18. The molecule has 8 heteroatoms. The molecule has 3 heterocycles. The van der Waals surface area contributed by atoms with Crippen molar-refractivity contribution in [1.29, 1.82) is 0 Å². The quantitative estimate of drug-likeness (QED) is 0.716. The second-order valence-corrected chi connectivity index (χ2v) is 6.59. The van der Waals surface area contributed by atoms with Crippen LogP contribution in [0.4, 0.5) is 17.5 Å². The first-order valence-electron chi connectivity index (χ1n) is 9.42. The van der Waals surface area contributed by atoms with Gasteiger partial charge in [-0.2, -0.15) is 0 Å². The fraction of sp³-hybridized carbons (Fsp3) is 0.238. The number of aromatic nitrogens is 3. The minimum atomic E-state index is -0.272. The number of hydrogen-bond donors (Lipinski definition) is 1. The van der Waals surface area contributed by atoms with Gasteiger partial charge in [0.1, 0.15) is 17.3 Å². The van der Waals surface area contributed by atoms with Gasteiger partial charge in [0.25, 0.3) is 5.91 Å². The van der Waals surface area contributed by atoms with E-state index in [0.717, 1.165) is 37.7 Å². The van der Waals surface area contributed by atoms with Crippen LogP contribution >= 0.6 is 0 Å². The molecule has 0 aliphatic carbocycles. The van der Waals surface area contributed by atoms with Crippen molar-refractivity contribution in [3.05, 3.63) is 66.6 Å². The SMILES string of the molecule is COc1ccc(NC(=O)c2ccnc(N3CCN(c4ccccn4)CC3)n2)cc1. The molecule has 1 aliphatic rings. The molecule has 0 unspecified atom stereocenters. The van der Waals surface area contributed by atoms with Gasteiger partial charge in [0.2, 0.25) is 5.95 Å². The maximum absolute atomic E-state index is 12.6. The van der Waals surface area contributed by atoms with Crippen LogP contribution in [-0.2, 0) is 0 Å². The number of nitrogens with zero attached hydrogens (tertiary/aromatic N) is 5. The molecule has 1 aliphatic heterocycles.